The first-order valence-electron chi connectivity index (χ1n) is 12.2. The van der Waals surface area contributed by atoms with Crippen molar-refractivity contribution in [3.05, 3.63) is 59.7 Å². The monoisotopic (exact) mass is 467 g/mol. The molecule has 0 spiro atoms. The maximum absolute atomic E-state index is 12.9. The average Bonchev–Trinajstić information content (AvgIpc) is 3.36. The van der Waals surface area contributed by atoms with Gasteiger partial charge in [-0.2, -0.15) is 0 Å². The van der Waals surface area contributed by atoms with Crippen molar-refractivity contribution >= 4 is 11.8 Å². The molecule has 1 atom stereocenters. The van der Waals surface area contributed by atoms with Crippen molar-refractivity contribution < 1.29 is 19.1 Å². The van der Waals surface area contributed by atoms with Crippen molar-refractivity contribution in [2.75, 3.05) is 39.9 Å². The Kier molecular flexibility index (Phi) is 9.76. The van der Waals surface area contributed by atoms with E-state index in [4.69, 9.17) is 9.47 Å². The van der Waals surface area contributed by atoms with Crippen LogP contribution in [0.5, 0.6) is 11.5 Å². The predicted octanol–water partition coefficient (Wildman–Crippen LogP) is 3.27. The zero-order valence-corrected chi connectivity index (χ0v) is 20.6. The standard InChI is InChI=1S/C27H37N3O4/c1-4-29(5-2)16-17-34-24-14-13-22(18-25(24)33-3)20-28-27(32)23-12-9-15-30(23)26(31)19-21-10-7-6-8-11-21/h6-8,10-11,13-14,18,23H,4-5,9,12,15-17,19-20H2,1-3H3,(H,28,32). The highest BCUT2D eigenvalue weighted by atomic mass is 16.5. The Morgan fingerprint density at radius 1 is 1.06 bits per heavy atom. The minimum Gasteiger partial charge on any atom is -0.493 e. The van der Waals surface area contributed by atoms with Crippen LogP contribution in [-0.2, 0) is 22.6 Å². The largest absolute Gasteiger partial charge is 0.493 e. The number of likely N-dealkylation sites (N-methyl/N-ethyl adjacent to an activating group) is 1. The molecule has 1 aliphatic rings. The predicted molar refractivity (Wildman–Crippen MR) is 133 cm³/mol. The number of ether oxygens (including phenoxy) is 2. The fourth-order valence-corrected chi connectivity index (χ4v) is 4.28. The number of amides is 2. The summed E-state index contributed by atoms with van der Waals surface area (Å²) in [5.74, 6) is 1.22. The van der Waals surface area contributed by atoms with E-state index in [0.29, 0.717) is 44.0 Å². The number of rotatable bonds is 12. The molecule has 2 amide bonds. The Morgan fingerprint density at radius 3 is 2.53 bits per heavy atom. The van der Waals surface area contributed by atoms with E-state index in [9.17, 15) is 9.59 Å². The van der Waals surface area contributed by atoms with Gasteiger partial charge in [-0.3, -0.25) is 9.59 Å². The van der Waals surface area contributed by atoms with Gasteiger partial charge in [-0.25, -0.2) is 0 Å². The van der Waals surface area contributed by atoms with Crippen molar-refractivity contribution in [1.82, 2.24) is 15.1 Å². The second-order valence-corrected chi connectivity index (χ2v) is 8.49. The normalized spacial score (nSPS) is 15.4. The molecule has 0 saturated carbocycles. The molecule has 2 aromatic rings. The summed E-state index contributed by atoms with van der Waals surface area (Å²) < 4.78 is 11.4. The van der Waals surface area contributed by atoms with Crippen molar-refractivity contribution in [1.29, 1.82) is 0 Å². The third-order valence-electron chi connectivity index (χ3n) is 6.33. The van der Waals surface area contributed by atoms with Gasteiger partial charge in [0.2, 0.25) is 11.8 Å². The molecule has 184 valence electrons. The Balaban J connectivity index is 1.53. The molecular weight excluding hydrogens is 430 g/mol. The van der Waals surface area contributed by atoms with Crippen LogP contribution in [0, 0.1) is 0 Å². The second kappa shape index (κ2) is 13.0. The highest BCUT2D eigenvalue weighted by molar-refractivity contribution is 5.89. The van der Waals surface area contributed by atoms with Gasteiger partial charge in [0.25, 0.3) is 0 Å². The molecule has 0 aliphatic carbocycles. The number of hydrogen-bond acceptors (Lipinski definition) is 5. The number of methoxy groups -OCH3 is 1. The minimum atomic E-state index is -0.416. The molecule has 0 radical (unpaired) electrons. The quantitative estimate of drug-likeness (QED) is 0.519. The Hall–Kier alpha value is -3.06. The van der Waals surface area contributed by atoms with Crippen LogP contribution < -0.4 is 14.8 Å². The summed E-state index contributed by atoms with van der Waals surface area (Å²) in [6.07, 6.45) is 1.85. The third-order valence-corrected chi connectivity index (χ3v) is 6.33. The summed E-state index contributed by atoms with van der Waals surface area (Å²) in [7, 11) is 1.61. The molecule has 0 bridgehead atoms. The number of likely N-dealkylation sites (tertiary alicyclic amines) is 1. The van der Waals surface area contributed by atoms with E-state index in [1.165, 1.54) is 0 Å². The van der Waals surface area contributed by atoms with E-state index in [1.54, 1.807) is 12.0 Å². The van der Waals surface area contributed by atoms with Crippen molar-refractivity contribution in [3.8, 4) is 11.5 Å². The van der Waals surface area contributed by atoms with Crippen molar-refractivity contribution in [2.24, 2.45) is 0 Å². The van der Waals surface area contributed by atoms with Crippen LogP contribution in [0.1, 0.15) is 37.8 Å². The number of carbonyl (C=O) groups is 2. The number of hydrogen-bond donors (Lipinski definition) is 1. The van der Waals surface area contributed by atoms with Gasteiger partial charge in [-0.1, -0.05) is 50.2 Å². The molecule has 1 N–H and O–H groups in total. The van der Waals surface area contributed by atoms with Gasteiger partial charge in [-0.05, 0) is 49.2 Å². The molecule has 1 aliphatic heterocycles. The fourth-order valence-electron chi connectivity index (χ4n) is 4.28. The van der Waals surface area contributed by atoms with E-state index in [1.807, 2.05) is 48.5 Å². The number of nitrogens with one attached hydrogen (secondary N) is 1. The lowest BCUT2D eigenvalue weighted by Gasteiger charge is -2.24. The average molecular weight is 468 g/mol. The zero-order valence-electron chi connectivity index (χ0n) is 20.6. The van der Waals surface area contributed by atoms with Gasteiger partial charge in [0, 0.05) is 19.6 Å². The number of nitrogens with zero attached hydrogens (tertiary/aromatic N) is 2. The van der Waals surface area contributed by atoms with Crippen LogP contribution in [-0.4, -0.2) is 67.6 Å². The first-order valence-corrected chi connectivity index (χ1v) is 12.2. The van der Waals surface area contributed by atoms with E-state index < -0.39 is 6.04 Å². The molecule has 1 heterocycles. The second-order valence-electron chi connectivity index (χ2n) is 8.49. The van der Waals surface area contributed by atoms with Crippen LogP contribution in [0.4, 0.5) is 0 Å². The maximum Gasteiger partial charge on any atom is 0.243 e. The fraction of sp³-hybridized carbons (Fsp3) is 0.481. The lowest BCUT2D eigenvalue weighted by atomic mass is 10.1. The van der Waals surface area contributed by atoms with Gasteiger partial charge in [-0.15, -0.1) is 0 Å². The van der Waals surface area contributed by atoms with Crippen molar-refractivity contribution in [2.45, 2.75) is 45.7 Å². The van der Waals surface area contributed by atoms with Gasteiger partial charge in [0.15, 0.2) is 11.5 Å². The molecule has 3 rings (SSSR count). The van der Waals surface area contributed by atoms with Crippen LogP contribution in [0.3, 0.4) is 0 Å². The molecule has 1 unspecified atom stereocenters. The highest BCUT2D eigenvalue weighted by Crippen LogP contribution is 2.28. The third kappa shape index (κ3) is 6.97. The summed E-state index contributed by atoms with van der Waals surface area (Å²) in [6.45, 7) is 8.69. The maximum atomic E-state index is 12.9. The van der Waals surface area contributed by atoms with E-state index in [-0.39, 0.29) is 11.8 Å². The zero-order chi connectivity index (χ0) is 24.3. The van der Waals surface area contributed by atoms with Gasteiger partial charge < -0.3 is 24.6 Å². The molecule has 1 fully saturated rings. The molecule has 2 aromatic carbocycles. The minimum absolute atomic E-state index is 0.00303. The van der Waals surface area contributed by atoms with E-state index in [2.05, 4.69) is 24.1 Å². The molecule has 7 heteroatoms. The Bertz CT molecular complexity index is 931. The van der Waals surface area contributed by atoms with Gasteiger partial charge in [0.05, 0.1) is 13.5 Å². The first kappa shape index (κ1) is 25.6. The van der Waals surface area contributed by atoms with Crippen LogP contribution >= 0.6 is 0 Å². The summed E-state index contributed by atoms with van der Waals surface area (Å²) >= 11 is 0. The lowest BCUT2D eigenvalue weighted by molar-refractivity contribution is -0.138. The van der Waals surface area contributed by atoms with Gasteiger partial charge in [0.1, 0.15) is 12.6 Å². The molecular formula is C27H37N3O4. The summed E-state index contributed by atoms with van der Waals surface area (Å²) in [6, 6.07) is 14.9. The van der Waals surface area contributed by atoms with Crippen LogP contribution in [0.25, 0.3) is 0 Å². The lowest BCUT2D eigenvalue weighted by Crippen LogP contribution is -2.46. The Morgan fingerprint density at radius 2 is 1.82 bits per heavy atom. The SMILES string of the molecule is CCN(CC)CCOc1ccc(CNC(=O)C2CCCN2C(=O)Cc2ccccc2)cc1OC. The van der Waals surface area contributed by atoms with Crippen molar-refractivity contribution in [3.63, 3.8) is 0 Å². The smallest absolute Gasteiger partial charge is 0.243 e. The Labute approximate surface area is 203 Å². The number of carbonyl (C=O) groups excluding carboxylic acids is 2. The number of benzene rings is 2. The summed E-state index contributed by atoms with van der Waals surface area (Å²) in [4.78, 5) is 29.7. The summed E-state index contributed by atoms with van der Waals surface area (Å²) in [5, 5.41) is 3.00. The first-order chi connectivity index (χ1) is 16.5. The van der Waals surface area contributed by atoms with Crippen LogP contribution in [0.2, 0.25) is 0 Å². The highest BCUT2D eigenvalue weighted by Gasteiger charge is 2.33. The van der Waals surface area contributed by atoms with E-state index >= 15 is 0 Å². The van der Waals surface area contributed by atoms with Crippen LogP contribution in [0.15, 0.2) is 48.5 Å². The molecule has 34 heavy (non-hydrogen) atoms. The summed E-state index contributed by atoms with van der Waals surface area (Å²) in [5.41, 5.74) is 1.88. The molecule has 1 saturated heterocycles. The van der Waals surface area contributed by atoms with Gasteiger partial charge >= 0.3 is 0 Å². The molecule has 7 nitrogen and oxygen atoms in total. The molecule has 0 aromatic heterocycles. The van der Waals surface area contributed by atoms with E-state index in [0.717, 1.165) is 37.2 Å². The topological polar surface area (TPSA) is 71.1 Å².